The summed E-state index contributed by atoms with van der Waals surface area (Å²) in [6.45, 7) is 5.99. The number of amides is 4. The quantitative estimate of drug-likeness (QED) is 0.101. The van der Waals surface area contributed by atoms with Crippen molar-refractivity contribution in [2.24, 2.45) is 5.92 Å². The van der Waals surface area contributed by atoms with Gasteiger partial charge in [0.1, 0.15) is 29.8 Å². The molecule has 3 aliphatic rings. The summed E-state index contributed by atoms with van der Waals surface area (Å²) < 4.78 is 15.9. The zero-order chi connectivity index (χ0) is 44.3. The van der Waals surface area contributed by atoms with Gasteiger partial charge in [0.05, 0.1) is 66.5 Å². The maximum absolute atomic E-state index is 14.3. The SMILES string of the molecule is COC(=O)N[C@H](C(=O)N1CCC[C@H]1c1nc2ccc(-c3ccc4cc(-c5cnc([C@@H]6CCCN6C(=O)[C@H](NC(=O)OC6CCOCC6)c6ccccc6)[nH]5)ccc4n3)cc2[nH]1)C(C)C. The number of rotatable bonds is 11. The second-order valence-electron chi connectivity index (χ2n) is 17.1. The van der Waals surface area contributed by atoms with Crippen LogP contribution >= 0.6 is 0 Å². The third kappa shape index (κ3) is 8.87. The maximum Gasteiger partial charge on any atom is 0.408 e. The lowest BCUT2D eigenvalue weighted by molar-refractivity contribution is -0.136. The molecular weight excluding hydrogens is 815 g/mol. The van der Waals surface area contributed by atoms with E-state index in [2.05, 4.69) is 32.7 Å². The summed E-state index contributed by atoms with van der Waals surface area (Å²) in [4.78, 5) is 78.4. The van der Waals surface area contributed by atoms with Crippen LogP contribution < -0.4 is 10.6 Å². The highest BCUT2D eigenvalue weighted by atomic mass is 16.6. The van der Waals surface area contributed by atoms with Gasteiger partial charge in [0, 0.05) is 42.4 Å². The zero-order valence-corrected chi connectivity index (χ0v) is 36.2. The lowest BCUT2D eigenvalue weighted by Gasteiger charge is -2.29. The normalized spacial score (nSPS) is 18.9. The molecule has 0 radical (unpaired) electrons. The molecule has 0 unspecified atom stereocenters. The Kier molecular flexibility index (Phi) is 12.3. The van der Waals surface area contributed by atoms with Crippen LogP contribution in [-0.2, 0) is 23.8 Å². The van der Waals surface area contributed by atoms with Gasteiger partial charge in [-0.15, -0.1) is 0 Å². The summed E-state index contributed by atoms with van der Waals surface area (Å²) in [5, 5.41) is 6.53. The Labute approximate surface area is 370 Å². The van der Waals surface area contributed by atoms with Crippen LogP contribution in [0.5, 0.6) is 0 Å². The number of aromatic nitrogens is 5. The second kappa shape index (κ2) is 18.5. The number of hydrogen-bond donors (Lipinski definition) is 4. The number of nitrogens with zero attached hydrogens (tertiary/aromatic N) is 5. The average Bonchev–Trinajstić information content (AvgIpc) is 4.16. The molecule has 4 amide bonds. The van der Waals surface area contributed by atoms with Crippen LogP contribution in [0.25, 0.3) is 44.5 Å². The van der Waals surface area contributed by atoms with E-state index in [1.54, 1.807) is 6.20 Å². The molecule has 16 nitrogen and oxygen atoms in total. The van der Waals surface area contributed by atoms with Gasteiger partial charge in [0.15, 0.2) is 0 Å². The molecule has 4 N–H and O–H groups in total. The molecule has 3 fully saturated rings. The summed E-state index contributed by atoms with van der Waals surface area (Å²) in [5.41, 5.74) is 6.62. The van der Waals surface area contributed by atoms with E-state index in [1.165, 1.54) is 7.11 Å². The van der Waals surface area contributed by atoms with Crippen molar-refractivity contribution in [1.82, 2.24) is 45.4 Å². The average molecular weight is 868 g/mol. The first-order valence-electron chi connectivity index (χ1n) is 22.1. The number of nitrogens with one attached hydrogen (secondary N) is 4. The molecular formula is C48H53N9O7. The fraction of sp³-hybridized carbons (Fsp3) is 0.396. The number of carbonyl (C=O) groups is 4. The van der Waals surface area contributed by atoms with Gasteiger partial charge in [-0.05, 0) is 67.5 Å². The van der Waals surface area contributed by atoms with Crippen molar-refractivity contribution >= 4 is 45.9 Å². The number of H-pyrrole nitrogens is 2. The van der Waals surface area contributed by atoms with E-state index in [-0.39, 0.29) is 35.9 Å². The van der Waals surface area contributed by atoms with Gasteiger partial charge in [0.25, 0.3) is 5.91 Å². The minimum atomic E-state index is -0.915. The van der Waals surface area contributed by atoms with Crippen LogP contribution in [-0.4, -0.2) is 104 Å². The van der Waals surface area contributed by atoms with Crippen LogP contribution in [0, 0.1) is 5.92 Å². The van der Waals surface area contributed by atoms with Crippen molar-refractivity contribution in [3.05, 3.63) is 102 Å². The molecule has 0 bridgehead atoms. The number of imidazole rings is 2. The number of fused-ring (bicyclic) bond motifs is 2. The predicted octanol–water partition coefficient (Wildman–Crippen LogP) is 7.52. The summed E-state index contributed by atoms with van der Waals surface area (Å²) in [7, 11) is 1.29. The molecule has 3 aromatic carbocycles. The van der Waals surface area contributed by atoms with Gasteiger partial charge < -0.3 is 44.6 Å². The standard InChI is InChI=1S/C48H53N9O7/c1-28(2)41(54-47(60)62-3)45(58)57-22-8-12-40(57)44-51-36-18-15-32(26-37(36)52-44)35-16-13-30-25-31(14-17-34(30)50-35)38-27-49-43(53-38)39-11-7-21-56(39)46(59)42(29-9-5-4-6-10-29)55-48(61)64-33-19-23-63-24-20-33/h4-6,9-10,13-18,25-28,33,39-42H,7-8,11-12,19-24H2,1-3H3,(H,49,53)(H,51,52)(H,54,60)(H,55,61)/t39-,40-,41-,42+/m0/s1. The molecule has 16 heteroatoms. The summed E-state index contributed by atoms with van der Waals surface area (Å²) in [6.07, 6.45) is 4.67. The number of hydrogen-bond acceptors (Lipinski definition) is 10. The first-order valence-corrected chi connectivity index (χ1v) is 22.1. The number of carbonyl (C=O) groups excluding carboxylic acids is 4. The number of likely N-dealkylation sites (tertiary alicyclic amines) is 2. The number of ether oxygens (including phenoxy) is 3. The van der Waals surface area contributed by atoms with E-state index in [1.807, 2.05) is 90.4 Å². The molecule has 64 heavy (non-hydrogen) atoms. The number of aromatic amines is 2. The van der Waals surface area contributed by atoms with Crippen LogP contribution in [0.3, 0.4) is 0 Å². The molecule has 0 spiro atoms. The highest BCUT2D eigenvalue weighted by molar-refractivity contribution is 5.89. The largest absolute Gasteiger partial charge is 0.453 e. The Bertz CT molecular complexity index is 2660. The van der Waals surface area contributed by atoms with E-state index in [9.17, 15) is 19.2 Å². The highest BCUT2D eigenvalue weighted by Crippen LogP contribution is 2.36. The van der Waals surface area contributed by atoms with Crippen molar-refractivity contribution in [2.45, 2.75) is 82.6 Å². The van der Waals surface area contributed by atoms with Gasteiger partial charge in [-0.1, -0.05) is 62.4 Å². The number of pyridine rings is 1. The van der Waals surface area contributed by atoms with Crippen LogP contribution in [0.1, 0.15) is 87.7 Å². The van der Waals surface area contributed by atoms with E-state index in [0.717, 1.165) is 70.1 Å². The van der Waals surface area contributed by atoms with E-state index in [0.29, 0.717) is 56.4 Å². The van der Waals surface area contributed by atoms with E-state index in [4.69, 9.17) is 29.2 Å². The fourth-order valence-electron chi connectivity index (χ4n) is 9.16. The summed E-state index contributed by atoms with van der Waals surface area (Å²) in [5.74, 6) is 0.910. The molecule has 332 valence electrons. The number of alkyl carbamates (subject to hydrolysis) is 2. The van der Waals surface area contributed by atoms with Crippen LogP contribution in [0.15, 0.2) is 85.1 Å². The molecule has 6 heterocycles. The van der Waals surface area contributed by atoms with Crippen molar-refractivity contribution in [2.75, 3.05) is 33.4 Å². The fourth-order valence-corrected chi connectivity index (χ4v) is 9.16. The molecule has 4 atom stereocenters. The highest BCUT2D eigenvalue weighted by Gasteiger charge is 2.39. The third-order valence-electron chi connectivity index (χ3n) is 12.6. The first kappa shape index (κ1) is 42.5. The van der Waals surface area contributed by atoms with Gasteiger partial charge in [-0.25, -0.2) is 24.5 Å². The van der Waals surface area contributed by atoms with E-state index >= 15 is 0 Å². The molecule has 3 aromatic heterocycles. The topological polar surface area (TPSA) is 197 Å². The van der Waals surface area contributed by atoms with Crippen LogP contribution in [0.4, 0.5) is 9.59 Å². The Morgan fingerprint density at radius 3 is 2.22 bits per heavy atom. The van der Waals surface area contributed by atoms with Crippen molar-refractivity contribution in [3.63, 3.8) is 0 Å². The van der Waals surface area contributed by atoms with Gasteiger partial charge in [-0.2, -0.15) is 0 Å². The Morgan fingerprint density at radius 1 is 0.750 bits per heavy atom. The lowest BCUT2D eigenvalue weighted by atomic mass is 10.0. The monoisotopic (exact) mass is 867 g/mol. The Balaban J connectivity index is 0.894. The van der Waals surface area contributed by atoms with Gasteiger partial charge in [-0.3, -0.25) is 9.59 Å². The van der Waals surface area contributed by atoms with Gasteiger partial charge in [0.2, 0.25) is 5.91 Å². The third-order valence-corrected chi connectivity index (χ3v) is 12.6. The molecule has 0 saturated carbocycles. The zero-order valence-electron chi connectivity index (χ0n) is 36.2. The predicted molar refractivity (Wildman–Crippen MR) is 239 cm³/mol. The number of methoxy groups -OCH3 is 1. The minimum absolute atomic E-state index is 0.122. The minimum Gasteiger partial charge on any atom is -0.453 e. The molecule has 6 aromatic rings. The molecule has 9 rings (SSSR count). The summed E-state index contributed by atoms with van der Waals surface area (Å²) >= 11 is 0. The maximum atomic E-state index is 14.3. The van der Waals surface area contributed by atoms with E-state index < -0.39 is 24.3 Å². The first-order chi connectivity index (χ1) is 31.1. The van der Waals surface area contributed by atoms with Crippen molar-refractivity contribution < 1.29 is 33.4 Å². The van der Waals surface area contributed by atoms with Crippen LogP contribution in [0.2, 0.25) is 0 Å². The molecule has 3 saturated heterocycles. The summed E-state index contributed by atoms with van der Waals surface area (Å²) in [6, 6.07) is 23.2. The Hall–Kier alpha value is -6.81. The number of benzene rings is 3. The lowest BCUT2D eigenvalue weighted by Crippen LogP contribution is -2.51. The second-order valence-corrected chi connectivity index (χ2v) is 17.1. The van der Waals surface area contributed by atoms with Crippen molar-refractivity contribution in [3.8, 4) is 22.5 Å². The van der Waals surface area contributed by atoms with Gasteiger partial charge >= 0.3 is 12.2 Å². The molecule has 0 aliphatic carbocycles. The van der Waals surface area contributed by atoms with Crippen molar-refractivity contribution in [1.29, 1.82) is 0 Å². The molecule has 3 aliphatic heterocycles. The smallest absolute Gasteiger partial charge is 0.408 e. The Morgan fingerprint density at radius 2 is 1.47 bits per heavy atom.